The van der Waals surface area contributed by atoms with Crippen LogP contribution in [0.5, 0.6) is 0 Å². The third-order valence-corrected chi connectivity index (χ3v) is 6.04. The van der Waals surface area contributed by atoms with Crippen LogP contribution in [-0.2, 0) is 21.4 Å². The molecule has 4 rings (SSSR count). The van der Waals surface area contributed by atoms with Gasteiger partial charge in [0.05, 0.1) is 6.42 Å². The van der Waals surface area contributed by atoms with Crippen molar-refractivity contribution in [1.82, 2.24) is 4.90 Å². The van der Waals surface area contributed by atoms with E-state index in [-0.39, 0.29) is 29.4 Å². The van der Waals surface area contributed by atoms with Crippen LogP contribution >= 0.6 is 0 Å². The molecule has 0 aromatic heterocycles. The molecule has 0 aliphatic carbocycles. The fourth-order valence-corrected chi connectivity index (χ4v) is 4.44. The Bertz CT molecular complexity index is 1030. The van der Waals surface area contributed by atoms with Gasteiger partial charge in [-0.1, -0.05) is 12.1 Å². The van der Waals surface area contributed by atoms with Gasteiger partial charge in [0.1, 0.15) is 11.6 Å². The lowest BCUT2D eigenvalue weighted by Gasteiger charge is -2.40. The first kappa shape index (κ1) is 24.5. The molecule has 2 aromatic rings. The molecule has 0 atom stereocenters. The summed E-state index contributed by atoms with van der Waals surface area (Å²) in [5.41, 5.74) is 2.77. The molecule has 0 saturated carbocycles. The number of alkyl halides is 3. The van der Waals surface area contributed by atoms with Crippen molar-refractivity contribution < 1.29 is 36.6 Å². The van der Waals surface area contributed by atoms with Gasteiger partial charge in [-0.3, -0.25) is 4.79 Å². The molecule has 1 spiro atoms. The Kier molecular flexibility index (Phi) is 6.94. The van der Waals surface area contributed by atoms with Crippen molar-refractivity contribution >= 4 is 17.6 Å². The summed E-state index contributed by atoms with van der Waals surface area (Å²) >= 11 is 0. The SMILES string of the molecule is CN1CC2(CCN(C(=O)Cc3cccc(F)c3)CC2)c2cc(F)ccc21.O=C(O)C(F)(F)F. The lowest BCUT2D eigenvalue weighted by molar-refractivity contribution is -0.192. The predicted molar refractivity (Wildman–Crippen MR) is 111 cm³/mol. The number of amides is 1. The first-order valence-corrected chi connectivity index (χ1v) is 10.2. The number of nitrogens with zero attached hydrogens (tertiary/aromatic N) is 2. The summed E-state index contributed by atoms with van der Waals surface area (Å²) in [5, 5.41) is 7.12. The third kappa shape index (κ3) is 5.61. The summed E-state index contributed by atoms with van der Waals surface area (Å²) in [6.45, 7) is 2.16. The Morgan fingerprint density at radius 3 is 2.21 bits per heavy atom. The highest BCUT2D eigenvalue weighted by Gasteiger charge is 2.44. The second kappa shape index (κ2) is 9.36. The van der Waals surface area contributed by atoms with Gasteiger partial charge < -0.3 is 14.9 Å². The number of hydrogen-bond donors (Lipinski definition) is 1. The molecular weight excluding hydrogens is 447 g/mol. The molecule has 1 amide bonds. The maximum absolute atomic E-state index is 13.8. The molecule has 178 valence electrons. The zero-order valence-electron chi connectivity index (χ0n) is 17.8. The number of piperidine rings is 1. The van der Waals surface area contributed by atoms with E-state index in [9.17, 15) is 26.7 Å². The number of anilines is 1. The van der Waals surface area contributed by atoms with Crippen LogP contribution in [0.1, 0.15) is 24.0 Å². The molecule has 2 aromatic carbocycles. The van der Waals surface area contributed by atoms with Crippen molar-refractivity contribution in [2.24, 2.45) is 0 Å². The molecule has 5 nitrogen and oxygen atoms in total. The van der Waals surface area contributed by atoms with Crippen molar-refractivity contribution in [2.75, 3.05) is 31.6 Å². The number of likely N-dealkylation sites (N-methyl/N-ethyl adjacent to an activating group) is 1. The average Bonchev–Trinajstić information content (AvgIpc) is 2.99. The van der Waals surface area contributed by atoms with Crippen LogP contribution in [0, 0.1) is 11.6 Å². The van der Waals surface area contributed by atoms with Gasteiger partial charge in [0.2, 0.25) is 5.91 Å². The largest absolute Gasteiger partial charge is 0.490 e. The molecule has 2 aliphatic rings. The smallest absolute Gasteiger partial charge is 0.475 e. The Balaban J connectivity index is 0.000000383. The first-order valence-electron chi connectivity index (χ1n) is 10.2. The number of fused-ring (bicyclic) bond motifs is 2. The summed E-state index contributed by atoms with van der Waals surface area (Å²) in [7, 11) is 2.03. The number of carboxylic acid groups (broad SMARTS) is 1. The van der Waals surface area contributed by atoms with Gasteiger partial charge in [-0.15, -0.1) is 0 Å². The molecule has 2 heterocycles. The maximum atomic E-state index is 13.8. The van der Waals surface area contributed by atoms with E-state index in [1.54, 1.807) is 18.2 Å². The number of rotatable bonds is 2. The number of aliphatic carboxylic acids is 1. The average molecular weight is 470 g/mol. The van der Waals surface area contributed by atoms with Crippen molar-refractivity contribution in [2.45, 2.75) is 30.9 Å². The fourth-order valence-electron chi connectivity index (χ4n) is 4.44. The van der Waals surface area contributed by atoms with Crippen molar-refractivity contribution in [3.8, 4) is 0 Å². The molecule has 1 saturated heterocycles. The summed E-state index contributed by atoms with van der Waals surface area (Å²) in [4.78, 5) is 25.5. The van der Waals surface area contributed by atoms with E-state index >= 15 is 0 Å². The molecule has 0 radical (unpaired) electrons. The van der Waals surface area contributed by atoms with Crippen molar-refractivity contribution in [3.05, 3.63) is 65.2 Å². The Morgan fingerprint density at radius 2 is 1.64 bits per heavy atom. The van der Waals surface area contributed by atoms with Gasteiger partial charge in [0.25, 0.3) is 0 Å². The molecule has 2 aliphatic heterocycles. The minimum absolute atomic E-state index is 0.0243. The van der Waals surface area contributed by atoms with Crippen molar-refractivity contribution in [1.29, 1.82) is 0 Å². The highest BCUT2D eigenvalue weighted by Crippen LogP contribution is 2.46. The van der Waals surface area contributed by atoms with E-state index in [1.807, 2.05) is 18.0 Å². The second-order valence-corrected chi connectivity index (χ2v) is 8.29. The Morgan fingerprint density at radius 1 is 1.03 bits per heavy atom. The number of halogens is 5. The monoisotopic (exact) mass is 470 g/mol. The van der Waals surface area contributed by atoms with E-state index in [4.69, 9.17) is 9.90 Å². The van der Waals surface area contributed by atoms with Crippen molar-refractivity contribution in [3.63, 3.8) is 0 Å². The summed E-state index contributed by atoms with van der Waals surface area (Å²) in [6.07, 6.45) is -3.22. The zero-order chi connectivity index (χ0) is 24.4. The van der Waals surface area contributed by atoms with Gasteiger partial charge in [0.15, 0.2) is 0 Å². The zero-order valence-corrected chi connectivity index (χ0v) is 17.8. The second-order valence-electron chi connectivity index (χ2n) is 8.29. The Labute approximate surface area is 187 Å². The van der Waals surface area contributed by atoms with Gasteiger partial charge in [-0.2, -0.15) is 13.2 Å². The number of carboxylic acids is 1. The van der Waals surface area contributed by atoms with Crippen LogP contribution in [0.2, 0.25) is 0 Å². The summed E-state index contributed by atoms with van der Waals surface area (Å²) in [6, 6.07) is 11.2. The quantitative estimate of drug-likeness (QED) is 0.670. The molecule has 33 heavy (non-hydrogen) atoms. The first-order chi connectivity index (χ1) is 15.4. The standard InChI is InChI=1S/C21H22F2N2O.C2HF3O2/c1-24-14-21(18-13-17(23)5-6-19(18)24)7-9-25(10-8-21)20(26)12-15-3-2-4-16(22)11-15;3-2(4,5)1(6)7/h2-6,11,13H,7-10,12,14H2,1H3;(H,6,7). The highest BCUT2D eigenvalue weighted by molar-refractivity contribution is 5.79. The maximum Gasteiger partial charge on any atom is 0.490 e. The molecule has 0 unspecified atom stereocenters. The topological polar surface area (TPSA) is 60.9 Å². The predicted octanol–water partition coefficient (Wildman–Crippen LogP) is 4.15. The molecule has 10 heteroatoms. The minimum Gasteiger partial charge on any atom is -0.475 e. The van der Waals surface area contributed by atoms with Gasteiger partial charge in [0, 0.05) is 37.8 Å². The van der Waals surface area contributed by atoms with Crippen LogP contribution in [0.15, 0.2) is 42.5 Å². The Hall–Kier alpha value is -3.17. The summed E-state index contributed by atoms with van der Waals surface area (Å²) in [5.74, 6) is -3.26. The minimum atomic E-state index is -5.08. The number of likely N-dealkylation sites (tertiary alicyclic amines) is 1. The summed E-state index contributed by atoms with van der Waals surface area (Å²) < 4.78 is 58.8. The normalized spacial score (nSPS) is 16.8. The molecular formula is C23H23F5N2O3. The molecule has 0 bridgehead atoms. The number of carbonyl (C=O) groups excluding carboxylic acids is 1. The number of carbonyl (C=O) groups is 2. The van der Waals surface area contributed by atoms with E-state index in [2.05, 4.69) is 4.90 Å². The molecule has 1 N–H and O–H groups in total. The fraction of sp³-hybridized carbons (Fsp3) is 0.391. The van der Waals surface area contributed by atoms with E-state index in [1.165, 1.54) is 18.2 Å². The molecule has 1 fully saturated rings. The van der Waals surface area contributed by atoms with Crippen LogP contribution < -0.4 is 4.90 Å². The highest BCUT2D eigenvalue weighted by atomic mass is 19.4. The van der Waals surface area contributed by atoms with E-state index in [0.29, 0.717) is 18.7 Å². The lowest BCUT2D eigenvalue weighted by Crippen LogP contribution is -2.47. The lowest BCUT2D eigenvalue weighted by atomic mass is 9.74. The van der Waals surface area contributed by atoms with Crippen LogP contribution in [0.25, 0.3) is 0 Å². The van der Waals surface area contributed by atoms with Crippen LogP contribution in [-0.4, -0.2) is 54.7 Å². The number of hydrogen-bond acceptors (Lipinski definition) is 3. The van der Waals surface area contributed by atoms with Crippen LogP contribution in [0.3, 0.4) is 0 Å². The van der Waals surface area contributed by atoms with Gasteiger partial charge >= 0.3 is 12.1 Å². The van der Waals surface area contributed by atoms with E-state index < -0.39 is 12.1 Å². The van der Waals surface area contributed by atoms with Gasteiger partial charge in [-0.05, 0) is 54.3 Å². The van der Waals surface area contributed by atoms with Gasteiger partial charge in [-0.25, -0.2) is 13.6 Å². The third-order valence-electron chi connectivity index (χ3n) is 6.04. The number of benzene rings is 2. The van der Waals surface area contributed by atoms with E-state index in [0.717, 1.165) is 30.6 Å². The van der Waals surface area contributed by atoms with Crippen LogP contribution in [0.4, 0.5) is 27.6 Å².